The zero-order valence-electron chi connectivity index (χ0n) is 15.0. The summed E-state index contributed by atoms with van der Waals surface area (Å²) in [5, 5.41) is 2.46. The lowest BCUT2D eigenvalue weighted by molar-refractivity contribution is 0.221. The van der Waals surface area contributed by atoms with Crippen molar-refractivity contribution >= 4 is 10.8 Å². The monoisotopic (exact) mass is 348 g/mol. The molecule has 4 aromatic rings. The Balaban J connectivity index is 1.77. The van der Waals surface area contributed by atoms with Gasteiger partial charge in [-0.3, -0.25) is 0 Å². The summed E-state index contributed by atoms with van der Waals surface area (Å²) in [4.78, 5) is 0. The van der Waals surface area contributed by atoms with Crippen LogP contribution < -0.4 is 4.74 Å². The zero-order valence-corrected chi connectivity index (χ0v) is 15.0. The maximum absolute atomic E-state index is 6.49. The first-order valence-electron chi connectivity index (χ1n) is 9.30. The second kappa shape index (κ2) is 6.44. The minimum atomic E-state index is -0.148. The van der Waals surface area contributed by atoms with E-state index >= 15 is 0 Å². The first-order valence-corrected chi connectivity index (χ1v) is 9.30. The van der Waals surface area contributed by atoms with Gasteiger partial charge in [-0.05, 0) is 33.5 Å². The molecular weight excluding hydrogens is 328 g/mol. The summed E-state index contributed by atoms with van der Waals surface area (Å²) in [6.07, 6.45) is -0.148. The van der Waals surface area contributed by atoms with Gasteiger partial charge < -0.3 is 4.74 Å². The van der Waals surface area contributed by atoms with Crippen molar-refractivity contribution in [3.05, 3.63) is 126 Å². The Hall–Kier alpha value is -3.32. The van der Waals surface area contributed by atoms with Crippen molar-refractivity contribution in [1.29, 1.82) is 0 Å². The Morgan fingerprint density at radius 1 is 0.630 bits per heavy atom. The molecule has 1 aliphatic heterocycles. The highest BCUT2D eigenvalue weighted by Gasteiger charge is 2.35. The van der Waals surface area contributed by atoms with Crippen molar-refractivity contribution < 1.29 is 4.74 Å². The average Bonchev–Trinajstić information content (AvgIpc) is 2.74. The summed E-state index contributed by atoms with van der Waals surface area (Å²) in [6.45, 7) is 4.51. The van der Waals surface area contributed by atoms with Gasteiger partial charge in [-0.1, -0.05) is 97.6 Å². The predicted octanol–water partition coefficient (Wildman–Crippen LogP) is 6.66. The van der Waals surface area contributed by atoms with Crippen LogP contribution in [0.15, 0.2) is 109 Å². The van der Waals surface area contributed by atoms with E-state index in [0.717, 1.165) is 16.9 Å². The summed E-state index contributed by atoms with van der Waals surface area (Å²) in [5.41, 5.74) is 4.69. The second-order valence-corrected chi connectivity index (χ2v) is 7.03. The molecular formula is C26H20O. The molecule has 27 heavy (non-hydrogen) atoms. The molecule has 0 radical (unpaired) electrons. The van der Waals surface area contributed by atoms with Crippen LogP contribution in [0.3, 0.4) is 0 Å². The van der Waals surface area contributed by atoms with E-state index in [1.807, 2.05) is 6.07 Å². The third-order valence-electron chi connectivity index (χ3n) is 5.41. The number of rotatable bonds is 2. The van der Waals surface area contributed by atoms with Crippen LogP contribution in [0.1, 0.15) is 28.7 Å². The molecule has 1 nitrogen and oxygen atoms in total. The Kier molecular flexibility index (Phi) is 3.79. The number of fused-ring (bicyclic) bond motifs is 3. The molecule has 0 fully saturated rings. The lowest BCUT2D eigenvalue weighted by atomic mass is 9.77. The van der Waals surface area contributed by atoms with Crippen LogP contribution in [0.4, 0.5) is 0 Å². The van der Waals surface area contributed by atoms with Gasteiger partial charge in [0.1, 0.15) is 11.9 Å². The van der Waals surface area contributed by atoms with Crippen LogP contribution in [-0.2, 0) is 0 Å². The molecule has 0 aromatic heterocycles. The average molecular weight is 348 g/mol. The molecule has 2 atom stereocenters. The molecule has 130 valence electrons. The molecule has 0 saturated carbocycles. The van der Waals surface area contributed by atoms with Gasteiger partial charge >= 0.3 is 0 Å². The molecule has 0 N–H and O–H groups in total. The zero-order chi connectivity index (χ0) is 18.2. The first kappa shape index (κ1) is 15.9. The Bertz CT molecular complexity index is 1110. The van der Waals surface area contributed by atoms with Crippen LogP contribution in [0.25, 0.3) is 10.8 Å². The molecule has 5 rings (SSSR count). The maximum Gasteiger partial charge on any atom is 0.146 e. The molecule has 0 saturated heterocycles. The summed E-state index contributed by atoms with van der Waals surface area (Å²) in [6, 6.07) is 33.8. The molecule has 1 aliphatic rings. The fourth-order valence-corrected chi connectivity index (χ4v) is 4.15. The summed E-state index contributed by atoms with van der Waals surface area (Å²) < 4.78 is 6.49. The van der Waals surface area contributed by atoms with Gasteiger partial charge in [0.25, 0.3) is 0 Å². The van der Waals surface area contributed by atoms with E-state index < -0.39 is 0 Å². The number of hydrogen-bond acceptors (Lipinski definition) is 1. The van der Waals surface area contributed by atoms with Crippen LogP contribution >= 0.6 is 0 Å². The maximum atomic E-state index is 6.49. The fourth-order valence-electron chi connectivity index (χ4n) is 4.15. The smallest absolute Gasteiger partial charge is 0.146 e. The highest BCUT2D eigenvalue weighted by molar-refractivity contribution is 5.89. The molecule has 0 amide bonds. The Morgan fingerprint density at radius 2 is 1.26 bits per heavy atom. The van der Waals surface area contributed by atoms with E-state index in [4.69, 9.17) is 4.74 Å². The van der Waals surface area contributed by atoms with Crippen molar-refractivity contribution in [2.24, 2.45) is 0 Å². The third-order valence-corrected chi connectivity index (χ3v) is 5.41. The SMILES string of the molecule is C=C1C(c2ccccc2)Oc2ccc3ccccc3c2C1c1ccccc1. The molecule has 1 heterocycles. The van der Waals surface area contributed by atoms with Crippen LogP contribution in [0.2, 0.25) is 0 Å². The quantitative estimate of drug-likeness (QED) is 0.368. The molecule has 1 heteroatoms. The summed E-state index contributed by atoms with van der Waals surface area (Å²) in [7, 11) is 0. The Labute approximate surface area is 159 Å². The van der Waals surface area contributed by atoms with Gasteiger partial charge in [-0.15, -0.1) is 0 Å². The van der Waals surface area contributed by atoms with Crippen molar-refractivity contribution in [1.82, 2.24) is 0 Å². The highest BCUT2D eigenvalue weighted by atomic mass is 16.5. The lowest BCUT2D eigenvalue weighted by Gasteiger charge is -2.36. The van der Waals surface area contributed by atoms with Crippen molar-refractivity contribution in [3.8, 4) is 5.75 Å². The highest BCUT2D eigenvalue weighted by Crippen LogP contribution is 2.50. The van der Waals surface area contributed by atoms with E-state index in [9.17, 15) is 0 Å². The van der Waals surface area contributed by atoms with Crippen molar-refractivity contribution in [3.63, 3.8) is 0 Å². The predicted molar refractivity (Wildman–Crippen MR) is 111 cm³/mol. The van der Waals surface area contributed by atoms with Crippen molar-refractivity contribution in [2.45, 2.75) is 12.0 Å². The van der Waals surface area contributed by atoms with Crippen LogP contribution in [0.5, 0.6) is 5.75 Å². The van der Waals surface area contributed by atoms with Gasteiger partial charge in [-0.2, -0.15) is 0 Å². The second-order valence-electron chi connectivity index (χ2n) is 7.03. The van der Waals surface area contributed by atoms with Gasteiger partial charge in [0.2, 0.25) is 0 Å². The van der Waals surface area contributed by atoms with E-state index in [2.05, 4.69) is 97.6 Å². The van der Waals surface area contributed by atoms with Gasteiger partial charge in [0.15, 0.2) is 0 Å². The van der Waals surface area contributed by atoms with Crippen LogP contribution in [-0.4, -0.2) is 0 Å². The third kappa shape index (κ3) is 2.63. The summed E-state index contributed by atoms with van der Waals surface area (Å²) in [5.74, 6) is 1.05. The minimum Gasteiger partial charge on any atom is -0.481 e. The van der Waals surface area contributed by atoms with E-state index in [-0.39, 0.29) is 12.0 Å². The molecule has 0 aliphatic carbocycles. The largest absolute Gasteiger partial charge is 0.481 e. The number of hydrogen-bond donors (Lipinski definition) is 0. The molecule has 0 bridgehead atoms. The topological polar surface area (TPSA) is 9.23 Å². The Morgan fingerprint density at radius 3 is 2.00 bits per heavy atom. The van der Waals surface area contributed by atoms with Crippen LogP contribution in [0, 0.1) is 0 Å². The van der Waals surface area contributed by atoms with E-state index in [1.54, 1.807) is 0 Å². The van der Waals surface area contributed by atoms with Gasteiger partial charge in [0.05, 0.1) is 0 Å². The molecule has 4 aromatic carbocycles. The first-order chi connectivity index (χ1) is 13.3. The molecule has 2 unspecified atom stereocenters. The lowest BCUT2D eigenvalue weighted by Crippen LogP contribution is -2.23. The minimum absolute atomic E-state index is 0.103. The number of benzene rings is 4. The molecule has 0 spiro atoms. The van der Waals surface area contributed by atoms with Gasteiger partial charge in [-0.25, -0.2) is 0 Å². The normalized spacial score (nSPS) is 18.7. The number of ether oxygens (including phenoxy) is 1. The van der Waals surface area contributed by atoms with Gasteiger partial charge in [0, 0.05) is 11.5 Å². The van der Waals surface area contributed by atoms with E-state index in [0.29, 0.717) is 0 Å². The fraction of sp³-hybridized carbons (Fsp3) is 0.0769. The van der Waals surface area contributed by atoms with Crippen molar-refractivity contribution in [2.75, 3.05) is 0 Å². The standard InChI is InChI=1S/C26H20O/c1-18-24(20-11-4-2-5-12-20)25-22-15-9-8-10-19(22)16-17-23(25)27-26(18)21-13-6-3-7-14-21/h2-17,24,26H,1H2. The van der Waals surface area contributed by atoms with E-state index in [1.165, 1.54) is 21.9 Å². The summed E-state index contributed by atoms with van der Waals surface area (Å²) >= 11 is 0.